The molecular weight excluding hydrogens is 198 g/mol. The van der Waals surface area contributed by atoms with Crippen LogP contribution in [0.4, 0.5) is 0 Å². The van der Waals surface area contributed by atoms with Crippen molar-refractivity contribution in [1.82, 2.24) is 15.6 Å². The summed E-state index contributed by atoms with van der Waals surface area (Å²) in [4.78, 5) is 25.8. The normalized spacial score (nSPS) is 9.40. The number of likely N-dealkylation sites (N-methyl/N-ethyl adjacent to an activating group) is 1. The number of nitrogens with zero attached hydrogens (tertiary/aromatic N) is 1. The molecule has 0 fully saturated rings. The van der Waals surface area contributed by atoms with Crippen LogP contribution in [0, 0.1) is 0 Å². The Morgan fingerprint density at radius 3 is 2.80 bits per heavy atom. The summed E-state index contributed by atoms with van der Waals surface area (Å²) in [6, 6.07) is 1.27. The van der Waals surface area contributed by atoms with Gasteiger partial charge in [-0.2, -0.15) is 0 Å². The minimum Gasteiger partial charge on any atom is -0.506 e. The van der Waals surface area contributed by atoms with Gasteiger partial charge in [0.25, 0.3) is 5.91 Å². The molecule has 0 spiro atoms. The third kappa shape index (κ3) is 3.26. The van der Waals surface area contributed by atoms with E-state index in [1.165, 1.54) is 25.5 Å². The predicted octanol–water partition coefficient (Wildman–Crippen LogP) is -0.737. The molecule has 2 amide bonds. The second-order valence-corrected chi connectivity index (χ2v) is 2.79. The molecule has 1 heterocycles. The van der Waals surface area contributed by atoms with Gasteiger partial charge >= 0.3 is 0 Å². The number of aromatic hydroxyl groups is 1. The number of rotatable bonds is 3. The highest BCUT2D eigenvalue weighted by atomic mass is 16.3. The first-order valence-corrected chi connectivity index (χ1v) is 4.26. The standard InChI is InChI=1S/C9H11N3O3/c1-10-8(14)5-12-9(15)6-2-7(13)4-11-3-6/h2-4,13H,5H2,1H3,(H,10,14)(H,12,15). The zero-order valence-electron chi connectivity index (χ0n) is 8.15. The lowest BCUT2D eigenvalue weighted by Gasteiger charge is -2.03. The van der Waals surface area contributed by atoms with Crippen LogP contribution < -0.4 is 10.6 Å². The first-order chi connectivity index (χ1) is 7.13. The van der Waals surface area contributed by atoms with Crippen molar-refractivity contribution in [1.29, 1.82) is 0 Å². The van der Waals surface area contributed by atoms with Crippen molar-refractivity contribution in [2.75, 3.05) is 13.6 Å². The van der Waals surface area contributed by atoms with Gasteiger partial charge in [-0.25, -0.2) is 0 Å². The maximum absolute atomic E-state index is 11.4. The first kappa shape index (κ1) is 11.0. The van der Waals surface area contributed by atoms with Crippen molar-refractivity contribution in [3.05, 3.63) is 24.0 Å². The van der Waals surface area contributed by atoms with E-state index in [4.69, 9.17) is 5.11 Å². The van der Waals surface area contributed by atoms with Crippen molar-refractivity contribution >= 4 is 11.8 Å². The maximum Gasteiger partial charge on any atom is 0.253 e. The van der Waals surface area contributed by atoms with Crippen LogP contribution in [-0.2, 0) is 4.79 Å². The molecular formula is C9H11N3O3. The van der Waals surface area contributed by atoms with Crippen molar-refractivity contribution in [3.8, 4) is 5.75 Å². The van der Waals surface area contributed by atoms with Crippen LogP contribution in [0.15, 0.2) is 18.5 Å². The Labute approximate surface area is 86.3 Å². The highest BCUT2D eigenvalue weighted by Gasteiger charge is 2.07. The van der Waals surface area contributed by atoms with E-state index in [1.807, 2.05) is 0 Å². The Bertz CT molecular complexity index is 379. The molecule has 0 saturated carbocycles. The van der Waals surface area contributed by atoms with Crippen LogP contribution in [0.1, 0.15) is 10.4 Å². The number of amides is 2. The van der Waals surface area contributed by atoms with Gasteiger partial charge in [-0.3, -0.25) is 14.6 Å². The molecule has 1 rings (SSSR count). The van der Waals surface area contributed by atoms with E-state index in [0.29, 0.717) is 0 Å². The number of aromatic nitrogens is 1. The summed E-state index contributed by atoms with van der Waals surface area (Å²) in [6.07, 6.45) is 2.52. The number of hydrogen-bond donors (Lipinski definition) is 3. The molecule has 1 aromatic rings. The van der Waals surface area contributed by atoms with Crippen LogP contribution in [-0.4, -0.2) is 35.5 Å². The Balaban J connectivity index is 2.58. The molecule has 0 atom stereocenters. The zero-order valence-corrected chi connectivity index (χ0v) is 8.15. The van der Waals surface area contributed by atoms with Crippen molar-refractivity contribution < 1.29 is 14.7 Å². The molecule has 0 aliphatic heterocycles. The number of carbonyl (C=O) groups is 2. The quantitative estimate of drug-likeness (QED) is 0.611. The van der Waals surface area contributed by atoms with Gasteiger partial charge in [-0.05, 0) is 6.07 Å². The van der Waals surface area contributed by atoms with Gasteiger partial charge in [0.2, 0.25) is 5.91 Å². The third-order valence-corrected chi connectivity index (χ3v) is 1.67. The van der Waals surface area contributed by atoms with Crippen molar-refractivity contribution in [2.45, 2.75) is 0 Å². The lowest BCUT2D eigenvalue weighted by Crippen LogP contribution is -2.35. The highest BCUT2D eigenvalue weighted by Crippen LogP contribution is 2.07. The van der Waals surface area contributed by atoms with E-state index in [9.17, 15) is 9.59 Å². The molecule has 15 heavy (non-hydrogen) atoms. The predicted molar refractivity (Wildman–Crippen MR) is 52.3 cm³/mol. The van der Waals surface area contributed by atoms with E-state index in [1.54, 1.807) is 0 Å². The van der Waals surface area contributed by atoms with E-state index < -0.39 is 5.91 Å². The molecule has 80 valence electrons. The zero-order chi connectivity index (χ0) is 11.3. The Morgan fingerprint density at radius 1 is 1.47 bits per heavy atom. The smallest absolute Gasteiger partial charge is 0.253 e. The van der Waals surface area contributed by atoms with Crippen LogP contribution in [0.3, 0.4) is 0 Å². The largest absolute Gasteiger partial charge is 0.506 e. The summed E-state index contributed by atoms with van der Waals surface area (Å²) < 4.78 is 0. The Morgan fingerprint density at radius 2 is 2.20 bits per heavy atom. The monoisotopic (exact) mass is 209 g/mol. The van der Waals surface area contributed by atoms with Crippen molar-refractivity contribution in [2.24, 2.45) is 0 Å². The van der Waals surface area contributed by atoms with Gasteiger partial charge in [0.1, 0.15) is 5.75 Å². The Hall–Kier alpha value is -2.11. The number of pyridine rings is 1. The lowest BCUT2D eigenvalue weighted by molar-refractivity contribution is -0.119. The molecule has 0 saturated heterocycles. The van der Waals surface area contributed by atoms with Gasteiger partial charge in [0.15, 0.2) is 0 Å². The second-order valence-electron chi connectivity index (χ2n) is 2.79. The minimum atomic E-state index is -0.456. The van der Waals surface area contributed by atoms with Gasteiger partial charge in [-0.1, -0.05) is 0 Å². The van der Waals surface area contributed by atoms with E-state index in [-0.39, 0.29) is 23.8 Å². The van der Waals surface area contributed by atoms with Gasteiger partial charge in [0.05, 0.1) is 18.3 Å². The molecule has 0 bridgehead atoms. The number of carbonyl (C=O) groups excluding carboxylic acids is 2. The molecule has 6 heteroatoms. The molecule has 0 aromatic carbocycles. The van der Waals surface area contributed by atoms with E-state index in [2.05, 4.69) is 15.6 Å². The third-order valence-electron chi connectivity index (χ3n) is 1.67. The SMILES string of the molecule is CNC(=O)CNC(=O)c1cncc(O)c1. The number of hydrogen-bond acceptors (Lipinski definition) is 4. The number of nitrogens with one attached hydrogen (secondary N) is 2. The average molecular weight is 209 g/mol. The van der Waals surface area contributed by atoms with E-state index >= 15 is 0 Å². The summed E-state index contributed by atoms with van der Waals surface area (Å²) in [5, 5.41) is 13.8. The van der Waals surface area contributed by atoms with Gasteiger partial charge in [-0.15, -0.1) is 0 Å². The van der Waals surface area contributed by atoms with Gasteiger partial charge in [0, 0.05) is 13.2 Å². The van der Waals surface area contributed by atoms with Crippen LogP contribution in [0.25, 0.3) is 0 Å². The lowest BCUT2D eigenvalue weighted by atomic mass is 10.2. The van der Waals surface area contributed by atoms with Crippen LogP contribution >= 0.6 is 0 Å². The maximum atomic E-state index is 11.4. The summed E-state index contributed by atoms with van der Waals surface area (Å²) in [5.41, 5.74) is 0.207. The summed E-state index contributed by atoms with van der Waals surface area (Å²) in [5.74, 6) is -0.846. The van der Waals surface area contributed by atoms with Crippen molar-refractivity contribution in [3.63, 3.8) is 0 Å². The molecule has 6 nitrogen and oxygen atoms in total. The van der Waals surface area contributed by atoms with Crippen LogP contribution in [0.2, 0.25) is 0 Å². The fraction of sp³-hybridized carbons (Fsp3) is 0.222. The summed E-state index contributed by atoms with van der Waals surface area (Å²) in [6.45, 7) is -0.106. The molecule has 0 aliphatic carbocycles. The highest BCUT2D eigenvalue weighted by molar-refractivity contribution is 5.96. The molecule has 0 unspecified atom stereocenters. The topological polar surface area (TPSA) is 91.3 Å². The summed E-state index contributed by atoms with van der Waals surface area (Å²) >= 11 is 0. The molecule has 1 aromatic heterocycles. The fourth-order valence-electron chi connectivity index (χ4n) is 0.903. The van der Waals surface area contributed by atoms with E-state index in [0.717, 1.165) is 0 Å². The first-order valence-electron chi connectivity index (χ1n) is 4.26. The van der Waals surface area contributed by atoms with Crippen LogP contribution in [0.5, 0.6) is 5.75 Å². The summed E-state index contributed by atoms with van der Waals surface area (Å²) in [7, 11) is 1.48. The molecule has 0 aliphatic rings. The minimum absolute atomic E-state index is 0.0948. The molecule has 3 N–H and O–H groups in total. The Kier molecular flexibility index (Phi) is 3.61. The second kappa shape index (κ2) is 4.94. The van der Waals surface area contributed by atoms with Gasteiger partial charge < -0.3 is 15.7 Å². The fourth-order valence-corrected chi connectivity index (χ4v) is 0.903. The molecule has 0 radical (unpaired) electrons. The average Bonchev–Trinajstić information content (AvgIpc) is 2.25.